The van der Waals surface area contributed by atoms with E-state index in [1.54, 1.807) is 18.3 Å². The highest BCUT2D eigenvalue weighted by molar-refractivity contribution is 6.11. The average Bonchev–Trinajstić information content (AvgIpc) is 2.93. The Kier molecular flexibility index (Phi) is 2.66. The molecule has 0 unspecified atom stereocenters. The van der Waals surface area contributed by atoms with Crippen molar-refractivity contribution in [3.63, 3.8) is 0 Å². The van der Waals surface area contributed by atoms with Crippen molar-refractivity contribution in [3.05, 3.63) is 70.9 Å². The fraction of sp³-hybridized carbons (Fsp3) is 0. The summed E-state index contributed by atoms with van der Waals surface area (Å²) in [6.07, 6.45) is 1.72. The minimum absolute atomic E-state index is 0.0882. The number of benzene rings is 2. The molecule has 0 amide bonds. The molecule has 0 aliphatic heterocycles. The Labute approximate surface area is 125 Å². The highest BCUT2D eigenvalue weighted by Crippen LogP contribution is 2.38. The molecule has 5 heteroatoms. The van der Waals surface area contributed by atoms with E-state index in [1.807, 2.05) is 42.5 Å². The first-order valence-corrected chi connectivity index (χ1v) is 6.85. The quantitative estimate of drug-likeness (QED) is 0.442. The molecule has 0 fully saturated rings. The van der Waals surface area contributed by atoms with Crippen molar-refractivity contribution in [1.82, 2.24) is 9.97 Å². The Balaban J connectivity index is 2.18. The molecule has 4 rings (SSSR count). The zero-order valence-electron chi connectivity index (χ0n) is 11.5. The van der Waals surface area contributed by atoms with Crippen LogP contribution in [0.2, 0.25) is 0 Å². The average molecular weight is 289 g/mol. The molecule has 106 valence electrons. The Bertz CT molecular complexity index is 1010. The second kappa shape index (κ2) is 4.66. The minimum Gasteiger partial charge on any atom is -0.352 e. The number of nitro groups is 1. The molecule has 2 aromatic carbocycles. The Morgan fingerprint density at radius 1 is 1.00 bits per heavy atom. The summed E-state index contributed by atoms with van der Waals surface area (Å²) in [5.41, 5.74) is 3.94. The van der Waals surface area contributed by atoms with Crippen LogP contribution in [0.4, 0.5) is 5.69 Å². The first-order chi connectivity index (χ1) is 10.8. The third-order valence-electron chi connectivity index (χ3n) is 3.77. The molecule has 2 aromatic heterocycles. The fourth-order valence-electron chi connectivity index (χ4n) is 2.82. The topological polar surface area (TPSA) is 71.8 Å². The molecule has 0 aliphatic carbocycles. The lowest BCUT2D eigenvalue weighted by atomic mass is 10.0. The number of aromatic nitrogens is 2. The predicted octanol–water partition coefficient (Wildman–Crippen LogP) is 4.29. The second-order valence-corrected chi connectivity index (χ2v) is 5.03. The van der Waals surface area contributed by atoms with E-state index in [9.17, 15) is 10.1 Å². The second-order valence-electron chi connectivity index (χ2n) is 5.03. The maximum atomic E-state index is 11.4. The highest BCUT2D eigenvalue weighted by Gasteiger charge is 2.21. The molecule has 0 bridgehead atoms. The van der Waals surface area contributed by atoms with E-state index in [-0.39, 0.29) is 10.6 Å². The van der Waals surface area contributed by atoms with Crippen LogP contribution in [0, 0.1) is 10.1 Å². The van der Waals surface area contributed by atoms with E-state index in [2.05, 4.69) is 9.97 Å². The first kappa shape index (κ1) is 12.5. The van der Waals surface area contributed by atoms with Gasteiger partial charge in [-0.2, -0.15) is 0 Å². The van der Waals surface area contributed by atoms with Gasteiger partial charge in [0.1, 0.15) is 0 Å². The van der Waals surface area contributed by atoms with Crippen molar-refractivity contribution in [2.75, 3.05) is 0 Å². The molecule has 0 saturated carbocycles. The van der Waals surface area contributed by atoms with Gasteiger partial charge in [-0.15, -0.1) is 0 Å². The normalized spacial score (nSPS) is 11.1. The van der Waals surface area contributed by atoms with E-state index in [1.165, 1.54) is 0 Å². The van der Waals surface area contributed by atoms with Gasteiger partial charge in [-0.25, -0.2) is 0 Å². The molecule has 0 atom stereocenters. The van der Waals surface area contributed by atoms with Crippen LogP contribution in [0.5, 0.6) is 0 Å². The smallest absolute Gasteiger partial charge is 0.279 e. The molecular weight excluding hydrogens is 278 g/mol. The Morgan fingerprint density at radius 3 is 2.59 bits per heavy atom. The van der Waals surface area contributed by atoms with Crippen molar-refractivity contribution in [2.45, 2.75) is 0 Å². The molecule has 0 spiro atoms. The van der Waals surface area contributed by atoms with Gasteiger partial charge in [-0.3, -0.25) is 15.1 Å². The van der Waals surface area contributed by atoms with Crippen molar-refractivity contribution in [2.24, 2.45) is 0 Å². The summed E-state index contributed by atoms with van der Waals surface area (Å²) in [4.78, 5) is 18.7. The summed E-state index contributed by atoms with van der Waals surface area (Å²) >= 11 is 0. The van der Waals surface area contributed by atoms with Crippen molar-refractivity contribution in [3.8, 4) is 11.1 Å². The molecule has 4 aromatic rings. The van der Waals surface area contributed by atoms with E-state index < -0.39 is 0 Å². The van der Waals surface area contributed by atoms with Crippen molar-refractivity contribution < 1.29 is 4.92 Å². The van der Waals surface area contributed by atoms with Crippen LogP contribution >= 0.6 is 0 Å². The number of pyridine rings is 1. The number of aromatic amines is 1. The lowest BCUT2D eigenvalue weighted by Gasteiger charge is -2.05. The maximum Gasteiger partial charge on any atom is 0.279 e. The monoisotopic (exact) mass is 289 g/mol. The summed E-state index contributed by atoms with van der Waals surface area (Å²) in [5, 5.41) is 12.3. The third kappa shape index (κ3) is 1.76. The van der Waals surface area contributed by atoms with Gasteiger partial charge in [0, 0.05) is 17.6 Å². The third-order valence-corrected chi connectivity index (χ3v) is 3.77. The van der Waals surface area contributed by atoms with Gasteiger partial charge in [0.25, 0.3) is 5.69 Å². The number of hydrogen-bond acceptors (Lipinski definition) is 3. The molecule has 22 heavy (non-hydrogen) atoms. The molecule has 0 saturated heterocycles. The lowest BCUT2D eigenvalue weighted by molar-refractivity contribution is -0.384. The predicted molar refractivity (Wildman–Crippen MR) is 85.7 cm³/mol. The van der Waals surface area contributed by atoms with E-state index in [0.717, 1.165) is 27.5 Å². The largest absolute Gasteiger partial charge is 0.352 e. The van der Waals surface area contributed by atoms with E-state index >= 15 is 0 Å². The number of nitro benzene ring substituents is 1. The van der Waals surface area contributed by atoms with Gasteiger partial charge >= 0.3 is 0 Å². The van der Waals surface area contributed by atoms with Crippen LogP contribution in [0.1, 0.15) is 0 Å². The molecule has 0 aliphatic rings. The van der Waals surface area contributed by atoms with Gasteiger partial charge in [-0.1, -0.05) is 30.3 Å². The number of hydrogen-bond donors (Lipinski definition) is 1. The van der Waals surface area contributed by atoms with Crippen LogP contribution < -0.4 is 0 Å². The highest BCUT2D eigenvalue weighted by atomic mass is 16.6. The Hall–Kier alpha value is -3.21. The molecule has 2 heterocycles. The van der Waals surface area contributed by atoms with Gasteiger partial charge in [0.15, 0.2) is 0 Å². The number of fused-ring (bicyclic) bond motifs is 3. The van der Waals surface area contributed by atoms with Crippen molar-refractivity contribution in [1.29, 1.82) is 0 Å². The molecular formula is C17H11N3O2. The van der Waals surface area contributed by atoms with Crippen LogP contribution in [0.15, 0.2) is 60.8 Å². The minimum atomic E-state index is -0.347. The number of H-pyrrole nitrogens is 1. The fourth-order valence-corrected chi connectivity index (χ4v) is 2.82. The number of nitrogens with one attached hydrogen (secondary N) is 1. The zero-order valence-corrected chi connectivity index (χ0v) is 11.5. The van der Waals surface area contributed by atoms with E-state index in [4.69, 9.17) is 0 Å². The standard InChI is InChI=1S/C17H11N3O2/c21-20(22)14-9-8-12-16-13(7-4-10-18-16)19-17(12)15(14)11-5-2-1-3-6-11/h1-10,19H. The molecule has 0 radical (unpaired) electrons. The summed E-state index contributed by atoms with van der Waals surface area (Å²) in [6.45, 7) is 0. The summed E-state index contributed by atoms with van der Waals surface area (Å²) in [5.74, 6) is 0. The summed E-state index contributed by atoms with van der Waals surface area (Å²) in [6, 6.07) is 16.5. The molecule has 5 nitrogen and oxygen atoms in total. The SMILES string of the molecule is O=[N+]([O-])c1ccc2c([nH]c3cccnc32)c1-c1ccccc1. The van der Waals surface area contributed by atoms with Crippen LogP contribution in [0.3, 0.4) is 0 Å². The van der Waals surface area contributed by atoms with Crippen LogP contribution in [-0.4, -0.2) is 14.9 Å². The van der Waals surface area contributed by atoms with Gasteiger partial charge in [-0.05, 0) is 23.8 Å². The van der Waals surface area contributed by atoms with Gasteiger partial charge in [0.05, 0.1) is 27.0 Å². The zero-order chi connectivity index (χ0) is 15.1. The number of rotatable bonds is 2. The van der Waals surface area contributed by atoms with E-state index in [0.29, 0.717) is 5.56 Å². The Morgan fingerprint density at radius 2 is 1.82 bits per heavy atom. The van der Waals surface area contributed by atoms with Gasteiger partial charge < -0.3 is 4.98 Å². The van der Waals surface area contributed by atoms with Gasteiger partial charge in [0.2, 0.25) is 0 Å². The van der Waals surface area contributed by atoms with Crippen LogP contribution in [0.25, 0.3) is 33.1 Å². The maximum absolute atomic E-state index is 11.4. The van der Waals surface area contributed by atoms with Crippen LogP contribution in [-0.2, 0) is 0 Å². The summed E-state index contributed by atoms with van der Waals surface area (Å²) < 4.78 is 0. The van der Waals surface area contributed by atoms with Crippen molar-refractivity contribution >= 4 is 27.6 Å². The molecule has 1 N–H and O–H groups in total. The lowest BCUT2D eigenvalue weighted by Crippen LogP contribution is -1.93. The first-order valence-electron chi connectivity index (χ1n) is 6.85. The number of nitrogens with zero attached hydrogens (tertiary/aromatic N) is 2. The summed E-state index contributed by atoms with van der Waals surface area (Å²) in [7, 11) is 0.